The molecule has 0 spiro atoms. The fraction of sp³-hybridized carbons (Fsp3) is 0.875. The number of hydrogen-bond acceptors (Lipinski definition) is 2. The molecular formula is C8H18N2O. The Morgan fingerprint density at radius 2 is 2.09 bits per heavy atom. The number of primary amides is 1. The fourth-order valence-electron chi connectivity index (χ4n) is 0.952. The number of hydrogen-bond donors (Lipinski definition) is 2. The van der Waals surface area contributed by atoms with Crippen LogP contribution < -0.4 is 11.1 Å². The van der Waals surface area contributed by atoms with Gasteiger partial charge in [0.1, 0.15) is 0 Å². The highest BCUT2D eigenvalue weighted by atomic mass is 16.1. The molecule has 0 rings (SSSR count). The Bertz CT molecular complexity index is 115. The van der Waals surface area contributed by atoms with Crippen molar-refractivity contribution in [2.75, 3.05) is 6.54 Å². The molecule has 0 aliphatic rings. The van der Waals surface area contributed by atoms with Gasteiger partial charge in [0.05, 0.1) is 6.04 Å². The van der Waals surface area contributed by atoms with Crippen LogP contribution >= 0.6 is 0 Å². The Kier molecular flexibility index (Phi) is 5.84. The first-order chi connectivity index (χ1) is 5.22. The molecule has 0 heterocycles. The normalized spacial score (nSPS) is 12.9. The largest absolute Gasteiger partial charge is 0.368 e. The first kappa shape index (κ1) is 10.4. The van der Waals surface area contributed by atoms with Crippen molar-refractivity contribution >= 4 is 5.91 Å². The maximum absolute atomic E-state index is 10.8. The molecule has 0 aliphatic carbocycles. The molecule has 0 aromatic heterocycles. The lowest BCUT2D eigenvalue weighted by atomic mass is 10.1. The van der Waals surface area contributed by atoms with Crippen molar-refractivity contribution in [2.24, 2.45) is 5.73 Å². The summed E-state index contributed by atoms with van der Waals surface area (Å²) in [6.07, 6.45) is 2.87. The van der Waals surface area contributed by atoms with Crippen LogP contribution in [-0.2, 0) is 4.79 Å². The summed E-state index contributed by atoms with van der Waals surface area (Å²) in [5, 5.41) is 3.10. The molecule has 0 radical (unpaired) electrons. The van der Waals surface area contributed by atoms with Crippen LogP contribution in [0.1, 0.15) is 33.1 Å². The van der Waals surface area contributed by atoms with E-state index in [9.17, 15) is 4.79 Å². The molecule has 0 saturated carbocycles. The molecule has 66 valence electrons. The Morgan fingerprint density at radius 1 is 1.45 bits per heavy atom. The Labute approximate surface area is 68.3 Å². The van der Waals surface area contributed by atoms with E-state index in [0.29, 0.717) is 0 Å². The summed E-state index contributed by atoms with van der Waals surface area (Å²) >= 11 is 0. The third-order valence-corrected chi connectivity index (χ3v) is 1.56. The molecule has 1 amide bonds. The number of carbonyl (C=O) groups excluding carboxylic acids is 1. The van der Waals surface area contributed by atoms with E-state index in [1.54, 1.807) is 0 Å². The van der Waals surface area contributed by atoms with E-state index in [1.165, 1.54) is 0 Å². The van der Waals surface area contributed by atoms with E-state index < -0.39 is 0 Å². The van der Waals surface area contributed by atoms with Gasteiger partial charge in [-0.1, -0.05) is 20.3 Å². The second-order valence-electron chi connectivity index (χ2n) is 2.70. The molecule has 0 aromatic carbocycles. The summed E-state index contributed by atoms with van der Waals surface area (Å²) < 4.78 is 0. The predicted molar refractivity (Wildman–Crippen MR) is 46.2 cm³/mol. The van der Waals surface area contributed by atoms with Crippen LogP contribution in [0.4, 0.5) is 0 Å². The highest BCUT2D eigenvalue weighted by Crippen LogP contribution is 1.95. The Hall–Kier alpha value is -0.570. The Balaban J connectivity index is 3.60. The van der Waals surface area contributed by atoms with Crippen molar-refractivity contribution in [3.63, 3.8) is 0 Å². The topological polar surface area (TPSA) is 55.1 Å². The molecule has 0 bridgehead atoms. The molecule has 0 aliphatic heterocycles. The molecule has 3 N–H and O–H groups in total. The summed E-state index contributed by atoms with van der Waals surface area (Å²) in [6.45, 7) is 4.98. The second-order valence-corrected chi connectivity index (χ2v) is 2.70. The minimum atomic E-state index is -0.236. The minimum Gasteiger partial charge on any atom is -0.368 e. The molecular weight excluding hydrogens is 140 g/mol. The fourth-order valence-corrected chi connectivity index (χ4v) is 0.952. The maximum Gasteiger partial charge on any atom is 0.234 e. The van der Waals surface area contributed by atoms with Gasteiger partial charge >= 0.3 is 0 Å². The number of nitrogens with two attached hydrogens (primary N) is 1. The molecule has 1 atom stereocenters. The first-order valence-corrected chi connectivity index (χ1v) is 4.25. The maximum atomic E-state index is 10.8. The summed E-state index contributed by atoms with van der Waals surface area (Å²) in [4.78, 5) is 10.8. The molecule has 0 saturated heterocycles. The van der Waals surface area contributed by atoms with Crippen LogP contribution in [-0.4, -0.2) is 18.5 Å². The highest BCUT2D eigenvalue weighted by molar-refractivity contribution is 5.79. The van der Waals surface area contributed by atoms with E-state index in [-0.39, 0.29) is 11.9 Å². The van der Waals surface area contributed by atoms with Gasteiger partial charge in [0.15, 0.2) is 0 Å². The van der Waals surface area contributed by atoms with E-state index in [1.807, 2.05) is 6.92 Å². The predicted octanol–water partition coefficient (Wildman–Crippen LogP) is 0.640. The summed E-state index contributed by atoms with van der Waals surface area (Å²) in [6, 6.07) is -0.125. The zero-order chi connectivity index (χ0) is 8.69. The van der Waals surface area contributed by atoms with Gasteiger partial charge < -0.3 is 11.1 Å². The molecule has 3 heteroatoms. The number of nitrogens with one attached hydrogen (secondary N) is 1. The van der Waals surface area contributed by atoms with E-state index in [0.717, 1.165) is 25.8 Å². The smallest absolute Gasteiger partial charge is 0.234 e. The number of rotatable bonds is 6. The monoisotopic (exact) mass is 158 g/mol. The summed E-state index contributed by atoms with van der Waals surface area (Å²) in [5.74, 6) is -0.236. The molecule has 11 heavy (non-hydrogen) atoms. The van der Waals surface area contributed by atoms with Crippen molar-refractivity contribution in [1.29, 1.82) is 0 Å². The van der Waals surface area contributed by atoms with Crippen LogP contribution in [0, 0.1) is 0 Å². The van der Waals surface area contributed by atoms with Crippen molar-refractivity contribution in [3.05, 3.63) is 0 Å². The highest BCUT2D eigenvalue weighted by Gasteiger charge is 2.11. The van der Waals surface area contributed by atoms with Gasteiger partial charge in [-0.05, 0) is 19.4 Å². The molecule has 0 unspecified atom stereocenters. The summed E-state index contributed by atoms with van der Waals surface area (Å²) in [7, 11) is 0. The average molecular weight is 158 g/mol. The van der Waals surface area contributed by atoms with Gasteiger partial charge in [0.25, 0.3) is 0 Å². The van der Waals surface area contributed by atoms with Gasteiger partial charge in [-0.2, -0.15) is 0 Å². The SMILES string of the molecule is CCCN[C@@H](CCC)C(N)=O. The van der Waals surface area contributed by atoms with Crippen molar-refractivity contribution in [2.45, 2.75) is 39.2 Å². The van der Waals surface area contributed by atoms with Gasteiger partial charge in [0, 0.05) is 0 Å². The average Bonchev–Trinajstić information content (AvgIpc) is 1.97. The van der Waals surface area contributed by atoms with Crippen molar-refractivity contribution in [1.82, 2.24) is 5.32 Å². The van der Waals surface area contributed by atoms with E-state index in [2.05, 4.69) is 12.2 Å². The van der Waals surface area contributed by atoms with E-state index in [4.69, 9.17) is 5.73 Å². The number of carbonyl (C=O) groups is 1. The van der Waals surface area contributed by atoms with Crippen LogP contribution in [0.2, 0.25) is 0 Å². The van der Waals surface area contributed by atoms with Gasteiger partial charge in [-0.25, -0.2) is 0 Å². The lowest BCUT2D eigenvalue weighted by Crippen LogP contribution is -2.41. The molecule has 3 nitrogen and oxygen atoms in total. The Morgan fingerprint density at radius 3 is 2.45 bits per heavy atom. The summed E-state index contributed by atoms with van der Waals surface area (Å²) in [5.41, 5.74) is 5.16. The second kappa shape index (κ2) is 6.16. The minimum absolute atomic E-state index is 0.125. The van der Waals surface area contributed by atoms with Gasteiger partial charge in [-0.3, -0.25) is 4.79 Å². The molecule has 0 fully saturated rings. The van der Waals surface area contributed by atoms with Crippen molar-refractivity contribution < 1.29 is 4.79 Å². The van der Waals surface area contributed by atoms with Crippen LogP contribution in [0.15, 0.2) is 0 Å². The third-order valence-electron chi connectivity index (χ3n) is 1.56. The zero-order valence-corrected chi connectivity index (χ0v) is 7.39. The van der Waals surface area contributed by atoms with E-state index >= 15 is 0 Å². The standard InChI is InChI=1S/C8H18N2O/c1-3-5-7(8(9)11)10-6-4-2/h7,10H,3-6H2,1-2H3,(H2,9,11)/t7-/m0/s1. The van der Waals surface area contributed by atoms with Crippen LogP contribution in [0.5, 0.6) is 0 Å². The zero-order valence-electron chi connectivity index (χ0n) is 7.39. The van der Waals surface area contributed by atoms with Gasteiger partial charge in [-0.15, -0.1) is 0 Å². The van der Waals surface area contributed by atoms with Crippen LogP contribution in [0.25, 0.3) is 0 Å². The van der Waals surface area contributed by atoms with Crippen molar-refractivity contribution in [3.8, 4) is 0 Å². The first-order valence-electron chi connectivity index (χ1n) is 4.25. The lowest BCUT2D eigenvalue weighted by molar-refractivity contribution is -0.120. The molecule has 0 aromatic rings. The van der Waals surface area contributed by atoms with Crippen LogP contribution in [0.3, 0.4) is 0 Å². The third kappa shape index (κ3) is 4.79. The quantitative estimate of drug-likeness (QED) is 0.596. The van der Waals surface area contributed by atoms with Gasteiger partial charge in [0.2, 0.25) is 5.91 Å². The number of amides is 1. The lowest BCUT2D eigenvalue weighted by Gasteiger charge is -2.12.